The number of carbonyl (C=O) groups excluding carboxylic acids is 3. The molecule has 1 atom stereocenters. The number of nitrogens with one attached hydrogen (secondary N) is 2. The molecule has 23 heavy (non-hydrogen) atoms. The number of hydrazine groups is 1. The Hall–Kier alpha value is -2.97. The van der Waals surface area contributed by atoms with Crippen molar-refractivity contribution in [2.45, 2.75) is 26.2 Å². The van der Waals surface area contributed by atoms with Crippen molar-refractivity contribution in [3.8, 4) is 0 Å². The summed E-state index contributed by atoms with van der Waals surface area (Å²) >= 11 is 0. The predicted octanol–water partition coefficient (Wildman–Crippen LogP) is -0.0879. The van der Waals surface area contributed by atoms with E-state index in [0.717, 1.165) is 6.07 Å². The van der Waals surface area contributed by atoms with Crippen molar-refractivity contribution in [2.75, 3.05) is 0 Å². The highest BCUT2D eigenvalue weighted by atomic mass is 16.6. The van der Waals surface area contributed by atoms with Crippen LogP contribution in [0.25, 0.3) is 0 Å². The summed E-state index contributed by atoms with van der Waals surface area (Å²) in [5.74, 6) is -3.23. The first kappa shape index (κ1) is 18.1. The average molecular weight is 322 g/mol. The molecule has 0 unspecified atom stereocenters. The number of rotatable bonds is 7. The van der Waals surface area contributed by atoms with Gasteiger partial charge >= 0.3 is 0 Å². The Labute approximate surface area is 131 Å². The predicted molar refractivity (Wildman–Crippen MR) is 76.7 cm³/mol. The molecule has 124 valence electrons. The molecular formula is C14H16N3O6-. The molecule has 9 heteroatoms. The van der Waals surface area contributed by atoms with E-state index in [4.69, 9.17) is 0 Å². The number of nitro groups is 1. The van der Waals surface area contributed by atoms with Crippen molar-refractivity contribution in [1.82, 2.24) is 10.9 Å². The second-order valence-electron chi connectivity index (χ2n) is 4.77. The van der Waals surface area contributed by atoms with E-state index in [-0.39, 0.29) is 24.1 Å². The minimum atomic E-state index is -1.22. The number of carbonyl (C=O) groups is 3. The quantitative estimate of drug-likeness (QED) is 0.531. The van der Waals surface area contributed by atoms with Crippen LogP contribution in [0.4, 0.5) is 5.69 Å². The number of hydrogen-bond acceptors (Lipinski definition) is 6. The third kappa shape index (κ3) is 5.73. The molecule has 1 aromatic rings. The normalized spacial score (nSPS) is 11.3. The first-order valence-electron chi connectivity index (χ1n) is 6.89. The molecule has 0 heterocycles. The van der Waals surface area contributed by atoms with E-state index in [1.54, 1.807) is 6.92 Å². The van der Waals surface area contributed by atoms with E-state index in [9.17, 15) is 29.6 Å². The lowest BCUT2D eigenvalue weighted by molar-refractivity contribution is -0.384. The Morgan fingerprint density at radius 2 is 1.96 bits per heavy atom. The summed E-state index contributed by atoms with van der Waals surface area (Å²) in [7, 11) is 0. The maximum atomic E-state index is 11.8. The van der Waals surface area contributed by atoms with Crippen molar-refractivity contribution < 1.29 is 24.4 Å². The molecule has 0 radical (unpaired) electrons. The molecule has 0 saturated heterocycles. The maximum absolute atomic E-state index is 11.8. The molecular weight excluding hydrogens is 306 g/mol. The topological polar surface area (TPSA) is 141 Å². The summed E-state index contributed by atoms with van der Waals surface area (Å²) in [5, 5.41) is 21.3. The molecule has 0 fully saturated rings. The van der Waals surface area contributed by atoms with Crippen LogP contribution in [0.2, 0.25) is 0 Å². The maximum Gasteiger partial charge on any atom is 0.270 e. The zero-order chi connectivity index (χ0) is 17.4. The number of carboxylic acid groups (broad SMARTS) is 1. The van der Waals surface area contributed by atoms with E-state index in [2.05, 4.69) is 10.9 Å². The Kier molecular flexibility index (Phi) is 6.66. The molecule has 2 N–H and O–H groups in total. The SMILES string of the molecule is CC[C@@H](CCC(=O)NNC(=O)c1cccc([N+](=O)[O-])c1)C(=O)[O-]. The highest BCUT2D eigenvalue weighted by molar-refractivity contribution is 5.95. The summed E-state index contributed by atoms with van der Waals surface area (Å²) < 4.78 is 0. The summed E-state index contributed by atoms with van der Waals surface area (Å²) in [6.45, 7) is 1.67. The van der Waals surface area contributed by atoms with Gasteiger partial charge in [-0.3, -0.25) is 30.6 Å². The number of benzene rings is 1. The number of non-ortho nitro benzene ring substituents is 1. The average Bonchev–Trinajstić information content (AvgIpc) is 2.52. The second-order valence-corrected chi connectivity index (χ2v) is 4.77. The van der Waals surface area contributed by atoms with Crippen molar-refractivity contribution in [3.63, 3.8) is 0 Å². The van der Waals surface area contributed by atoms with Crippen molar-refractivity contribution in [2.24, 2.45) is 5.92 Å². The van der Waals surface area contributed by atoms with E-state index in [1.807, 2.05) is 0 Å². The minimum Gasteiger partial charge on any atom is -0.550 e. The van der Waals surface area contributed by atoms with Crippen LogP contribution in [0.1, 0.15) is 36.5 Å². The molecule has 1 rings (SSSR count). The molecule has 0 bridgehead atoms. The Bertz CT molecular complexity index is 616. The summed E-state index contributed by atoms with van der Waals surface area (Å²) in [6.07, 6.45) is 0.342. The van der Waals surface area contributed by atoms with Gasteiger partial charge in [-0.2, -0.15) is 0 Å². The van der Waals surface area contributed by atoms with Crippen LogP contribution in [0, 0.1) is 16.0 Å². The Balaban J connectivity index is 2.49. The molecule has 0 saturated carbocycles. The first-order chi connectivity index (χ1) is 10.8. The van der Waals surface area contributed by atoms with E-state index in [1.165, 1.54) is 18.2 Å². The molecule has 0 aromatic heterocycles. The summed E-state index contributed by atoms with van der Waals surface area (Å²) in [5.41, 5.74) is 4.01. The number of amides is 2. The molecule has 0 spiro atoms. The van der Waals surface area contributed by atoms with Gasteiger partial charge in [-0.25, -0.2) is 0 Å². The van der Waals surface area contributed by atoms with Gasteiger partial charge in [0.25, 0.3) is 11.6 Å². The van der Waals surface area contributed by atoms with E-state index in [0.29, 0.717) is 6.42 Å². The number of carboxylic acids is 1. The summed E-state index contributed by atoms with van der Waals surface area (Å²) in [4.78, 5) is 44.0. The lowest BCUT2D eigenvalue weighted by atomic mass is 10.0. The molecule has 0 aliphatic carbocycles. The molecule has 2 amide bonds. The molecule has 1 aromatic carbocycles. The van der Waals surface area contributed by atoms with Gasteiger partial charge in [0.1, 0.15) is 0 Å². The van der Waals surface area contributed by atoms with Crippen LogP contribution in [0.3, 0.4) is 0 Å². The van der Waals surface area contributed by atoms with E-state index < -0.39 is 28.6 Å². The largest absolute Gasteiger partial charge is 0.550 e. The minimum absolute atomic E-state index is 0.0145. The zero-order valence-corrected chi connectivity index (χ0v) is 12.4. The lowest BCUT2D eigenvalue weighted by Crippen LogP contribution is -2.42. The van der Waals surface area contributed by atoms with Crippen LogP contribution in [0.15, 0.2) is 24.3 Å². The van der Waals surface area contributed by atoms with Crippen LogP contribution in [-0.2, 0) is 9.59 Å². The van der Waals surface area contributed by atoms with E-state index >= 15 is 0 Å². The lowest BCUT2D eigenvalue weighted by Gasteiger charge is -2.15. The third-order valence-electron chi connectivity index (χ3n) is 3.18. The van der Waals surface area contributed by atoms with Gasteiger partial charge in [-0.15, -0.1) is 0 Å². The van der Waals surface area contributed by atoms with Gasteiger partial charge in [0.2, 0.25) is 5.91 Å². The second kappa shape index (κ2) is 8.47. The van der Waals surface area contributed by atoms with Crippen LogP contribution in [-0.4, -0.2) is 22.7 Å². The van der Waals surface area contributed by atoms with Gasteiger partial charge in [-0.05, 0) is 24.8 Å². The highest BCUT2D eigenvalue weighted by Gasteiger charge is 2.13. The number of nitro benzene ring substituents is 1. The standard InChI is InChI=1S/C14H17N3O6/c1-2-9(14(20)21)6-7-12(18)15-16-13(19)10-4-3-5-11(8-10)17(22)23/h3-5,8-9H,2,6-7H2,1H3,(H,15,18)(H,16,19)(H,20,21)/p-1/t9-/m0/s1. The smallest absolute Gasteiger partial charge is 0.270 e. The van der Waals surface area contributed by atoms with Gasteiger partial charge < -0.3 is 9.90 Å². The van der Waals surface area contributed by atoms with Crippen LogP contribution < -0.4 is 16.0 Å². The van der Waals surface area contributed by atoms with Gasteiger partial charge in [0.05, 0.1) is 4.92 Å². The van der Waals surface area contributed by atoms with Crippen LogP contribution in [0.5, 0.6) is 0 Å². The van der Waals surface area contributed by atoms with Gasteiger partial charge in [-0.1, -0.05) is 13.0 Å². The van der Waals surface area contributed by atoms with Gasteiger partial charge in [0, 0.05) is 30.1 Å². The van der Waals surface area contributed by atoms with Crippen molar-refractivity contribution >= 4 is 23.5 Å². The fourth-order valence-electron chi connectivity index (χ4n) is 1.82. The molecule has 9 nitrogen and oxygen atoms in total. The van der Waals surface area contributed by atoms with Crippen LogP contribution >= 0.6 is 0 Å². The van der Waals surface area contributed by atoms with Gasteiger partial charge in [0.15, 0.2) is 0 Å². The number of nitrogens with zero attached hydrogens (tertiary/aromatic N) is 1. The fraction of sp³-hybridized carbons (Fsp3) is 0.357. The molecule has 0 aliphatic rings. The third-order valence-corrected chi connectivity index (χ3v) is 3.18. The zero-order valence-electron chi connectivity index (χ0n) is 12.4. The fourth-order valence-corrected chi connectivity index (χ4v) is 1.82. The summed E-state index contributed by atoms with van der Waals surface area (Å²) in [6, 6.07) is 5.02. The number of hydrogen-bond donors (Lipinski definition) is 2. The van der Waals surface area contributed by atoms with Crippen molar-refractivity contribution in [3.05, 3.63) is 39.9 Å². The molecule has 0 aliphatic heterocycles. The Morgan fingerprint density at radius 1 is 1.26 bits per heavy atom. The van der Waals surface area contributed by atoms with Crippen molar-refractivity contribution in [1.29, 1.82) is 0 Å². The first-order valence-corrected chi connectivity index (χ1v) is 6.89. The Morgan fingerprint density at radius 3 is 2.52 bits per heavy atom. The highest BCUT2D eigenvalue weighted by Crippen LogP contribution is 2.13. The monoisotopic (exact) mass is 322 g/mol. The number of aliphatic carboxylic acids is 1.